The molecule has 1 aromatic heterocycles. The van der Waals surface area contributed by atoms with Gasteiger partial charge in [0.05, 0.1) is 12.8 Å². The zero-order chi connectivity index (χ0) is 16.7. The number of ether oxygens (including phenoxy) is 1. The number of pyridine rings is 1. The van der Waals surface area contributed by atoms with Gasteiger partial charge in [-0.25, -0.2) is 4.98 Å². The van der Waals surface area contributed by atoms with Crippen molar-refractivity contribution in [3.8, 4) is 11.8 Å². The molecule has 7 heteroatoms. The number of nitrogens with one attached hydrogen (secondary N) is 2. The minimum absolute atomic E-state index is 0.113. The summed E-state index contributed by atoms with van der Waals surface area (Å²) in [6, 6.07) is 11.9. The van der Waals surface area contributed by atoms with Gasteiger partial charge in [0, 0.05) is 17.4 Å². The predicted octanol–water partition coefficient (Wildman–Crippen LogP) is 3.20. The molecule has 1 aromatic carbocycles. The fourth-order valence-electron chi connectivity index (χ4n) is 1.72. The minimum Gasteiger partial charge on any atom is -0.495 e. The Morgan fingerprint density at radius 3 is 2.87 bits per heavy atom. The van der Waals surface area contributed by atoms with Gasteiger partial charge in [0.1, 0.15) is 23.2 Å². The maximum atomic E-state index is 12.2. The van der Waals surface area contributed by atoms with Crippen molar-refractivity contribution >= 4 is 29.0 Å². The van der Waals surface area contributed by atoms with Gasteiger partial charge in [-0.1, -0.05) is 23.7 Å². The van der Waals surface area contributed by atoms with Crippen molar-refractivity contribution in [3.05, 3.63) is 59.4 Å². The molecule has 6 nitrogen and oxygen atoms in total. The van der Waals surface area contributed by atoms with E-state index in [0.717, 1.165) is 0 Å². The van der Waals surface area contributed by atoms with Crippen molar-refractivity contribution in [2.24, 2.45) is 0 Å². The van der Waals surface area contributed by atoms with E-state index in [1.54, 1.807) is 36.4 Å². The molecule has 0 spiro atoms. The fraction of sp³-hybridized carbons (Fsp3) is 0.0625. The number of methoxy groups -OCH3 is 1. The second kappa shape index (κ2) is 7.82. The lowest BCUT2D eigenvalue weighted by molar-refractivity contribution is -0.112. The van der Waals surface area contributed by atoms with E-state index in [4.69, 9.17) is 21.6 Å². The molecule has 2 N–H and O–H groups in total. The quantitative estimate of drug-likeness (QED) is 0.650. The number of anilines is 2. The summed E-state index contributed by atoms with van der Waals surface area (Å²) in [5.41, 5.74) is 0.361. The fourth-order valence-corrected chi connectivity index (χ4v) is 1.88. The molecule has 1 heterocycles. The van der Waals surface area contributed by atoms with Crippen LogP contribution in [0.5, 0.6) is 5.75 Å². The summed E-state index contributed by atoms with van der Waals surface area (Å²) >= 11 is 5.84. The molecular formula is C16H13ClN4O2. The first-order valence-electron chi connectivity index (χ1n) is 6.56. The van der Waals surface area contributed by atoms with Crippen LogP contribution in [0.3, 0.4) is 0 Å². The van der Waals surface area contributed by atoms with Crippen LogP contribution < -0.4 is 15.4 Å². The standard InChI is InChI=1S/C16H13ClN4O2/c1-23-14-5-3-2-4-13(14)21-16(22)11(9-18)10-20-15-8-12(17)6-7-19-15/h2-8,10H,1H3,(H,19,20)(H,21,22)/b11-10-. The molecule has 116 valence electrons. The highest BCUT2D eigenvalue weighted by molar-refractivity contribution is 6.30. The Morgan fingerprint density at radius 2 is 2.17 bits per heavy atom. The average molecular weight is 329 g/mol. The third-order valence-electron chi connectivity index (χ3n) is 2.81. The molecule has 0 saturated carbocycles. The summed E-state index contributed by atoms with van der Waals surface area (Å²) in [4.78, 5) is 16.2. The largest absolute Gasteiger partial charge is 0.495 e. The maximum absolute atomic E-state index is 12.2. The number of hydrogen-bond donors (Lipinski definition) is 2. The van der Waals surface area contributed by atoms with Gasteiger partial charge >= 0.3 is 0 Å². The second-order valence-corrected chi connectivity index (χ2v) is 4.76. The van der Waals surface area contributed by atoms with Crippen LogP contribution >= 0.6 is 11.6 Å². The van der Waals surface area contributed by atoms with Gasteiger partial charge < -0.3 is 15.4 Å². The van der Waals surface area contributed by atoms with Crippen LogP contribution in [0.25, 0.3) is 0 Å². The van der Waals surface area contributed by atoms with Crippen LogP contribution in [0.4, 0.5) is 11.5 Å². The van der Waals surface area contributed by atoms with Gasteiger partial charge in [-0.2, -0.15) is 5.26 Å². The molecular weight excluding hydrogens is 316 g/mol. The zero-order valence-electron chi connectivity index (χ0n) is 12.2. The molecule has 0 radical (unpaired) electrons. The zero-order valence-corrected chi connectivity index (χ0v) is 13.0. The number of para-hydroxylation sites is 2. The van der Waals surface area contributed by atoms with E-state index in [0.29, 0.717) is 22.3 Å². The number of aromatic nitrogens is 1. The highest BCUT2D eigenvalue weighted by Gasteiger charge is 2.11. The van der Waals surface area contributed by atoms with Gasteiger partial charge in [0.15, 0.2) is 0 Å². The number of carbonyl (C=O) groups excluding carboxylic acids is 1. The molecule has 0 unspecified atom stereocenters. The molecule has 0 saturated heterocycles. The van der Waals surface area contributed by atoms with Crippen molar-refractivity contribution in [1.82, 2.24) is 4.98 Å². The Balaban J connectivity index is 2.12. The monoisotopic (exact) mass is 328 g/mol. The number of hydrogen-bond acceptors (Lipinski definition) is 5. The lowest BCUT2D eigenvalue weighted by Gasteiger charge is -2.09. The molecule has 0 aliphatic rings. The van der Waals surface area contributed by atoms with Gasteiger partial charge in [0.2, 0.25) is 0 Å². The topological polar surface area (TPSA) is 87.0 Å². The molecule has 0 aliphatic heterocycles. The molecule has 0 atom stereocenters. The number of amides is 1. The number of nitrogens with zero attached hydrogens (tertiary/aromatic N) is 2. The first-order valence-corrected chi connectivity index (χ1v) is 6.94. The van der Waals surface area contributed by atoms with Gasteiger partial charge in [-0.05, 0) is 24.3 Å². The Labute approximate surface area is 138 Å². The average Bonchev–Trinajstić information content (AvgIpc) is 2.56. The third kappa shape index (κ3) is 4.46. The van der Waals surface area contributed by atoms with Gasteiger partial charge in [-0.15, -0.1) is 0 Å². The number of rotatable bonds is 5. The molecule has 0 bridgehead atoms. The summed E-state index contributed by atoms with van der Waals surface area (Å²) in [6.45, 7) is 0. The highest BCUT2D eigenvalue weighted by Crippen LogP contribution is 2.23. The SMILES string of the molecule is COc1ccccc1NC(=O)/C(C#N)=C\Nc1cc(Cl)ccn1. The van der Waals surface area contributed by atoms with Crippen LogP contribution in [-0.4, -0.2) is 18.0 Å². The van der Waals surface area contributed by atoms with E-state index >= 15 is 0 Å². The van der Waals surface area contributed by atoms with Gasteiger partial charge in [0.25, 0.3) is 5.91 Å². The predicted molar refractivity (Wildman–Crippen MR) is 88.2 cm³/mol. The summed E-state index contributed by atoms with van der Waals surface area (Å²) in [7, 11) is 1.50. The lowest BCUT2D eigenvalue weighted by Crippen LogP contribution is -2.15. The maximum Gasteiger partial charge on any atom is 0.267 e. The third-order valence-corrected chi connectivity index (χ3v) is 3.04. The molecule has 0 aliphatic carbocycles. The van der Waals surface area contributed by atoms with Gasteiger partial charge in [-0.3, -0.25) is 4.79 Å². The first kappa shape index (κ1) is 16.3. The summed E-state index contributed by atoms with van der Waals surface area (Å²) in [6.07, 6.45) is 2.78. The lowest BCUT2D eigenvalue weighted by atomic mass is 10.2. The van der Waals surface area contributed by atoms with Crippen LogP contribution in [0.15, 0.2) is 54.4 Å². The van der Waals surface area contributed by atoms with E-state index in [1.165, 1.54) is 19.5 Å². The van der Waals surface area contributed by atoms with E-state index in [1.807, 2.05) is 6.07 Å². The Bertz CT molecular complexity index is 784. The van der Waals surface area contributed by atoms with E-state index in [2.05, 4.69) is 15.6 Å². The molecule has 2 aromatic rings. The number of nitriles is 1. The first-order chi connectivity index (χ1) is 11.1. The van der Waals surface area contributed by atoms with E-state index < -0.39 is 5.91 Å². The van der Waals surface area contributed by atoms with Crippen molar-refractivity contribution in [3.63, 3.8) is 0 Å². The number of halogens is 1. The molecule has 0 fully saturated rings. The summed E-state index contributed by atoms with van der Waals surface area (Å²) < 4.78 is 5.14. The minimum atomic E-state index is -0.563. The van der Waals surface area contributed by atoms with Crippen LogP contribution in [0, 0.1) is 11.3 Å². The number of benzene rings is 1. The smallest absolute Gasteiger partial charge is 0.267 e. The number of carbonyl (C=O) groups is 1. The molecule has 1 amide bonds. The molecule has 23 heavy (non-hydrogen) atoms. The van der Waals surface area contributed by atoms with Crippen LogP contribution in [0.2, 0.25) is 5.02 Å². The van der Waals surface area contributed by atoms with Crippen molar-refractivity contribution in [2.45, 2.75) is 0 Å². The van der Waals surface area contributed by atoms with Crippen molar-refractivity contribution < 1.29 is 9.53 Å². The van der Waals surface area contributed by atoms with Crippen LogP contribution in [-0.2, 0) is 4.79 Å². The Hall–Kier alpha value is -3.04. The van der Waals surface area contributed by atoms with Crippen molar-refractivity contribution in [2.75, 3.05) is 17.7 Å². The summed E-state index contributed by atoms with van der Waals surface area (Å²) in [5.74, 6) is 0.365. The molecule has 2 rings (SSSR count). The normalized spacial score (nSPS) is 10.6. The van der Waals surface area contributed by atoms with E-state index in [9.17, 15) is 4.79 Å². The van der Waals surface area contributed by atoms with E-state index in [-0.39, 0.29) is 5.57 Å². The second-order valence-electron chi connectivity index (χ2n) is 4.33. The Kier molecular flexibility index (Phi) is 5.56. The summed E-state index contributed by atoms with van der Waals surface area (Å²) in [5, 5.41) is 15.0. The van der Waals surface area contributed by atoms with Crippen LogP contribution in [0.1, 0.15) is 0 Å². The van der Waals surface area contributed by atoms with Crippen molar-refractivity contribution in [1.29, 1.82) is 5.26 Å². The highest BCUT2D eigenvalue weighted by atomic mass is 35.5. The Morgan fingerprint density at radius 1 is 1.39 bits per heavy atom.